The number of hydrogen-bond donors (Lipinski definition) is 0. The van der Waals surface area contributed by atoms with Crippen molar-refractivity contribution in [1.82, 2.24) is 9.21 Å². The highest BCUT2D eigenvalue weighted by atomic mass is 32.2. The van der Waals surface area contributed by atoms with Gasteiger partial charge in [-0.15, -0.1) is 6.58 Å². The van der Waals surface area contributed by atoms with Gasteiger partial charge in [0, 0.05) is 19.6 Å². The van der Waals surface area contributed by atoms with E-state index < -0.39 is 21.8 Å². The second-order valence-electron chi connectivity index (χ2n) is 8.26. The van der Waals surface area contributed by atoms with Gasteiger partial charge >= 0.3 is 6.18 Å². The van der Waals surface area contributed by atoms with Crippen LogP contribution in [0.2, 0.25) is 0 Å². The number of sulfonamides is 1. The van der Waals surface area contributed by atoms with Crippen molar-refractivity contribution in [3.63, 3.8) is 0 Å². The van der Waals surface area contributed by atoms with Crippen molar-refractivity contribution in [3.8, 4) is 0 Å². The van der Waals surface area contributed by atoms with Crippen LogP contribution in [0.1, 0.15) is 50.5 Å². The van der Waals surface area contributed by atoms with E-state index in [1.54, 1.807) is 0 Å². The van der Waals surface area contributed by atoms with Gasteiger partial charge in [0.25, 0.3) is 0 Å². The molecule has 1 saturated carbocycles. The zero-order valence-electron chi connectivity index (χ0n) is 17.9. The number of likely N-dealkylation sites (N-methyl/N-ethyl adjacent to an activating group) is 1. The maximum Gasteiger partial charge on any atom is 0.416 e. The highest BCUT2D eigenvalue weighted by molar-refractivity contribution is 7.89. The van der Waals surface area contributed by atoms with E-state index in [0.29, 0.717) is 5.92 Å². The summed E-state index contributed by atoms with van der Waals surface area (Å²) >= 11 is 0. The Hall–Kier alpha value is -1.38. The standard InChI is InChI=1S/C22H33F3N2O2S/c1-4-16-26(2)17-6-5-7-18-8-12-20(13-9-18)27(3)30(28,29)21-14-10-19(11-15-21)22(23,24)25/h4,10-11,14-15,18,20H,1,5-9,12-13,16-17H2,2-3H3. The summed E-state index contributed by atoms with van der Waals surface area (Å²) in [4.78, 5) is 2.15. The fraction of sp³-hybridized carbons (Fsp3) is 0.636. The number of nitrogens with zero attached hydrogens (tertiary/aromatic N) is 2. The average Bonchev–Trinajstić information content (AvgIpc) is 2.71. The molecule has 0 radical (unpaired) electrons. The number of hydrogen-bond acceptors (Lipinski definition) is 3. The summed E-state index contributed by atoms with van der Waals surface area (Å²) in [5, 5.41) is 0. The fourth-order valence-electron chi connectivity index (χ4n) is 4.10. The van der Waals surface area contributed by atoms with Crippen LogP contribution in [0.5, 0.6) is 0 Å². The van der Waals surface area contributed by atoms with Crippen molar-refractivity contribution in [3.05, 3.63) is 42.5 Å². The minimum Gasteiger partial charge on any atom is -0.303 e. The van der Waals surface area contributed by atoms with Crippen LogP contribution in [-0.4, -0.2) is 50.8 Å². The van der Waals surface area contributed by atoms with Gasteiger partial charge in [-0.25, -0.2) is 8.42 Å². The van der Waals surface area contributed by atoms with Crippen molar-refractivity contribution in [2.75, 3.05) is 27.2 Å². The minimum atomic E-state index is -4.48. The molecule has 0 N–H and O–H groups in total. The van der Waals surface area contributed by atoms with E-state index in [4.69, 9.17) is 0 Å². The van der Waals surface area contributed by atoms with Gasteiger partial charge in [0.15, 0.2) is 0 Å². The third-order valence-electron chi connectivity index (χ3n) is 6.03. The van der Waals surface area contributed by atoms with E-state index in [2.05, 4.69) is 18.5 Å². The van der Waals surface area contributed by atoms with E-state index in [-0.39, 0.29) is 10.9 Å². The Labute approximate surface area is 178 Å². The predicted octanol–water partition coefficient (Wildman–Crippen LogP) is 5.17. The molecule has 0 atom stereocenters. The van der Waals surface area contributed by atoms with Crippen LogP contribution < -0.4 is 0 Å². The van der Waals surface area contributed by atoms with Crippen molar-refractivity contribution >= 4 is 10.0 Å². The molecule has 8 heteroatoms. The largest absolute Gasteiger partial charge is 0.416 e. The first kappa shape index (κ1) is 24.9. The van der Waals surface area contributed by atoms with Gasteiger partial charge in [0.2, 0.25) is 10.0 Å². The van der Waals surface area contributed by atoms with E-state index in [1.807, 2.05) is 6.08 Å². The lowest BCUT2D eigenvalue weighted by molar-refractivity contribution is -0.137. The SMILES string of the molecule is C=CCN(C)CCCCC1CCC(N(C)S(=O)(=O)c2ccc(C(F)(F)F)cc2)CC1. The monoisotopic (exact) mass is 446 g/mol. The van der Waals surface area contributed by atoms with Gasteiger partial charge in [0.05, 0.1) is 10.5 Å². The molecule has 1 aliphatic rings. The molecule has 0 aliphatic heterocycles. The Morgan fingerprint density at radius 3 is 2.20 bits per heavy atom. The Balaban J connectivity index is 1.84. The summed E-state index contributed by atoms with van der Waals surface area (Å²) < 4.78 is 65.2. The smallest absolute Gasteiger partial charge is 0.303 e. The van der Waals surface area contributed by atoms with Crippen LogP contribution in [0.25, 0.3) is 0 Å². The summed E-state index contributed by atoms with van der Waals surface area (Å²) in [6.07, 6.45) is 4.44. The van der Waals surface area contributed by atoms with Crippen LogP contribution in [0, 0.1) is 5.92 Å². The molecule has 0 bridgehead atoms. The third kappa shape index (κ3) is 6.82. The molecule has 0 amide bonds. The van der Waals surface area contributed by atoms with Crippen molar-refractivity contribution in [1.29, 1.82) is 0 Å². The van der Waals surface area contributed by atoms with Gasteiger partial charge in [-0.05, 0) is 75.9 Å². The number of alkyl halides is 3. The molecule has 0 heterocycles. The number of halogens is 3. The molecule has 1 fully saturated rings. The first-order valence-corrected chi connectivity index (χ1v) is 11.9. The van der Waals surface area contributed by atoms with E-state index >= 15 is 0 Å². The maximum atomic E-state index is 12.8. The summed E-state index contributed by atoms with van der Waals surface area (Å²) in [6.45, 7) is 5.68. The van der Waals surface area contributed by atoms with Crippen molar-refractivity contribution in [2.24, 2.45) is 5.92 Å². The first-order chi connectivity index (χ1) is 14.1. The molecule has 2 rings (SSSR count). The van der Waals surface area contributed by atoms with Crippen LogP contribution in [0.4, 0.5) is 13.2 Å². The molecular formula is C22H33F3N2O2S. The van der Waals surface area contributed by atoms with Crippen LogP contribution in [0.15, 0.2) is 41.8 Å². The van der Waals surface area contributed by atoms with Crippen molar-refractivity contribution in [2.45, 2.75) is 62.1 Å². The second kappa shape index (κ2) is 10.8. The Bertz CT molecular complexity index is 771. The topological polar surface area (TPSA) is 40.6 Å². The third-order valence-corrected chi connectivity index (χ3v) is 7.96. The molecule has 0 saturated heterocycles. The van der Waals surface area contributed by atoms with E-state index in [1.165, 1.54) is 11.4 Å². The number of unbranched alkanes of at least 4 members (excludes halogenated alkanes) is 1. The summed E-state index contributed by atoms with van der Waals surface area (Å²) in [7, 11) is -0.184. The lowest BCUT2D eigenvalue weighted by Gasteiger charge is -2.34. The molecule has 0 aromatic heterocycles. The number of benzene rings is 1. The molecule has 30 heavy (non-hydrogen) atoms. The van der Waals surface area contributed by atoms with Gasteiger partial charge in [0.1, 0.15) is 0 Å². The summed E-state index contributed by atoms with van der Waals surface area (Å²) in [6, 6.07) is 3.63. The number of rotatable bonds is 10. The first-order valence-electron chi connectivity index (χ1n) is 10.5. The Morgan fingerprint density at radius 1 is 1.07 bits per heavy atom. The Kier molecular flexibility index (Phi) is 8.94. The molecule has 0 unspecified atom stereocenters. The minimum absolute atomic E-state index is 0.0937. The molecule has 170 valence electrons. The van der Waals surface area contributed by atoms with Crippen molar-refractivity contribution < 1.29 is 21.6 Å². The molecule has 1 aromatic rings. The molecule has 4 nitrogen and oxygen atoms in total. The van der Waals surface area contributed by atoms with Gasteiger partial charge in [-0.1, -0.05) is 18.9 Å². The van der Waals surface area contributed by atoms with E-state index in [9.17, 15) is 21.6 Å². The Morgan fingerprint density at radius 2 is 1.67 bits per heavy atom. The summed E-state index contributed by atoms with van der Waals surface area (Å²) in [5.41, 5.74) is -0.847. The van der Waals surface area contributed by atoms with Crippen LogP contribution in [0.3, 0.4) is 0 Å². The normalized spacial score (nSPS) is 20.6. The van der Waals surface area contributed by atoms with Gasteiger partial charge < -0.3 is 4.90 Å². The van der Waals surface area contributed by atoms with Crippen LogP contribution >= 0.6 is 0 Å². The summed E-state index contributed by atoms with van der Waals surface area (Å²) in [5.74, 6) is 0.619. The van der Waals surface area contributed by atoms with E-state index in [0.717, 1.165) is 82.3 Å². The van der Waals surface area contributed by atoms with Gasteiger partial charge in [-0.2, -0.15) is 17.5 Å². The lowest BCUT2D eigenvalue weighted by Crippen LogP contribution is -2.39. The maximum absolute atomic E-state index is 12.8. The predicted molar refractivity (Wildman–Crippen MR) is 114 cm³/mol. The zero-order valence-corrected chi connectivity index (χ0v) is 18.7. The highest BCUT2D eigenvalue weighted by Gasteiger charge is 2.33. The molecule has 0 spiro atoms. The lowest BCUT2D eigenvalue weighted by atomic mass is 9.83. The highest BCUT2D eigenvalue weighted by Crippen LogP contribution is 2.34. The van der Waals surface area contributed by atoms with Crippen LogP contribution in [-0.2, 0) is 16.2 Å². The molecule has 1 aliphatic carbocycles. The van der Waals surface area contributed by atoms with Gasteiger partial charge in [-0.3, -0.25) is 0 Å². The zero-order chi connectivity index (χ0) is 22.4. The molecule has 1 aromatic carbocycles. The molecular weight excluding hydrogens is 413 g/mol. The second-order valence-corrected chi connectivity index (χ2v) is 10.3. The quantitative estimate of drug-likeness (QED) is 0.368. The fourth-order valence-corrected chi connectivity index (χ4v) is 5.52. The average molecular weight is 447 g/mol.